The van der Waals surface area contributed by atoms with Crippen LogP contribution in [0, 0.1) is 34.6 Å². The second-order valence-corrected chi connectivity index (χ2v) is 4.29. The molecule has 0 radical (unpaired) electrons. The summed E-state index contributed by atoms with van der Waals surface area (Å²) in [4.78, 5) is 11.8. The van der Waals surface area contributed by atoms with Crippen molar-refractivity contribution < 1.29 is 22.4 Å². The minimum Gasteiger partial charge on any atom is -0.387 e. The molecule has 0 atom stereocenters. The molecular weight excluding hydrogens is 276 g/mol. The minimum absolute atomic E-state index is 0.137. The molecule has 0 heterocycles. The Labute approximate surface area is 111 Å². The van der Waals surface area contributed by atoms with Crippen molar-refractivity contribution in [1.29, 1.82) is 5.26 Å². The van der Waals surface area contributed by atoms with Crippen LogP contribution < -0.4 is 5.32 Å². The molecule has 1 aliphatic carbocycles. The third-order valence-corrected chi connectivity index (χ3v) is 2.75. The summed E-state index contributed by atoms with van der Waals surface area (Å²) in [6.45, 7) is 0. The van der Waals surface area contributed by atoms with E-state index in [9.17, 15) is 22.4 Å². The number of halogens is 4. The van der Waals surface area contributed by atoms with E-state index in [-0.39, 0.29) is 12.1 Å². The largest absolute Gasteiger partial charge is 0.387 e. The number of nitriles is 1. The van der Waals surface area contributed by atoms with Gasteiger partial charge in [-0.2, -0.15) is 5.26 Å². The zero-order valence-corrected chi connectivity index (χ0v) is 10.0. The lowest BCUT2D eigenvalue weighted by Gasteiger charge is -2.05. The molecule has 1 aliphatic rings. The molecule has 0 saturated heterocycles. The van der Waals surface area contributed by atoms with Crippen LogP contribution in [0.2, 0.25) is 0 Å². The highest BCUT2D eigenvalue weighted by Gasteiger charge is 2.26. The van der Waals surface area contributed by atoms with Crippen molar-refractivity contribution in [3.8, 4) is 6.07 Å². The van der Waals surface area contributed by atoms with Crippen LogP contribution in [-0.4, -0.2) is 11.8 Å². The van der Waals surface area contributed by atoms with Crippen LogP contribution >= 0.6 is 0 Å². The molecule has 1 N–H and O–H groups in total. The Morgan fingerprint density at radius 3 is 2.45 bits per heavy atom. The van der Waals surface area contributed by atoms with Crippen LogP contribution in [0.1, 0.15) is 23.2 Å². The monoisotopic (exact) mass is 284 g/mol. The van der Waals surface area contributed by atoms with Crippen LogP contribution in [0.3, 0.4) is 0 Å². The van der Waals surface area contributed by atoms with E-state index < -0.39 is 40.2 Å². The number of allylic oxidation sites excluding steroid dienone is 1. The number of ketones is 1. The first-order valence-electron chi connectivity index (χ1n) is 5.69. The fraction of sp³-hybridized carbons (Fsp3) is 0.231. The number of Topliss-reactive ketones (excluding diaryl/α,β-unsaturated/α-hetero) is 1. The predicted octanol–water partition coefficient (Wildman–Crippen LogP) is 2.59. The van der Waals surface area contributed by atoms with E-state index >= 15 is 0 Å². The second kappa shape index (κ2) is 5.33. The van der Waals surface area contributed by atoms with Gasteiger partial charge in [0.25, 0.3) is 0 Å². The molecule has 2 rings (SSSR count). The first-order chi connectivity index (χ1) is 9.45. The number of rotatable bonds is 4. The first-order valence-corrected chi connectivity index (χ1v) is 5.69. The Balaban J connectivity index is 2.37. The molecule has 0 spiro atoms. The quantitative estimate of drug-likeness (QED) is 0.231. The summed E-state index contributed by atoms with van der Waals surface area (Å²) >= 11 is 0. The van der Waals surface area contributed by atoms with Crippen molar-refractivity contribution in [2.45, 2.75) is 18.9 Å². The fourth-order valence-corrected chi connectivity index (χ4v) is 1.48. The molecular formula is C13H8F4N2O. The third kappa shape index (κ3) is 2.64. The van der Waals surface area contributed by atoms with Crippen LogP contribution in [0.5, 0.6) is 0 Å². The SMILES string of the molecule is N#CC(=CNC1CC1)C(=O)c1cc(F)c(F)c(F)c1F. The van der Waals surface area contributed by atoms with Crippen LogP contribution in [0.4, 0.5) is 17.6 Å². The number of hydrogen-bond donors (Lipinski definition) is 1. The first kappa shape index (κ1) is 14.1. The maximum Gasteiger partial charge on any atom is 0.208 e. The maximum atomic E-state index is 13.4. The zero-order valence-electron chi connectivity index (χ0n) is 10.0. The van der Waals surface area contributed by atoms with E-state index in [0.717, 1.165) is 19.0 Å². The number of carbonyl (C=O) groups excluding carboxylic acids is 1. The van der Waals surface area contributed by atoms with Gasteiger partial charge in [0.1, 0.15) is 11.6 Å². The van der Waals surface area contributed by atoms with Gasteiger partial charge in [-0.15, -0.1) is 0 Å². The van der Waals surface area contributed by atoms with Gasteiger partial charge in [-0.3, -0.25) is 4.79 Å². The van der Waals surface area contributed by atoms with E-state index in [1.54, 1.807) is 0 Å². The van der Waals surface area contributed by atoms with Crippen molar-refractivity contribution in [3.05, 3.63) is 46.7 Å². The Hall–Kier alpha value is -2.36. The number of carbonyl (C=O) groups is 1. The van der Waals surface area contributed by atoms with Gasteiger partial charge < -0.3 is 5.32 Å². The van der Waals surface area contributed by atoms with Gasteiger partial charge in [0, 0.05) is 12.2 Å². The summed E-state index contributed by atoms with van der Waals surface area (Å²) in [6, 6.07) is 1.88. The smallest absolute Gasteiger partial charge is 0.208 e. The molecule has 0 aliphatic heterocycles. The van der Waals surface area contributed by atoms with Gasteiger partial charge in [0.2, 0.25) is 5.78 Å². The third-order valence-electron chi connectivity index (χ3n) is 2.75. The highest BCUT2D eigenvalue weighted by molar-refractivity contribution is 6.11. The summed E-state index contributed by atoms with van der Waals surface area (Å²) in [7, 11) is 0. The summed E-state index contributed by atoms with van der Waals surface area (Å²) in [5, 5.41) is 11.5. The van der Waals surface area contributed by atoms with Gasteiger partial charge in [0.15, 0.2) is 23.3 Å². The molecule has 0 aromatic heterocycles. The van der Waals surface area contributed by atoms with E-state index in [2.05, 4.69) is 5.32 Å². The van der Waals surface area contributed by atoms with Gasteiger partial charge in [-0.1, -0.05) is 0 Å². The Bertz CT molecular complexity index is 645. The van der Waals surface area contributed by atoms with Crippen molar-refractivity contribution in [2.75, 3.05) is 0 Å². The summed E-state index contributed by atoms with van der Waals surface area (Å²) in [5.74, 6) is -8.81. The lowest BCUT2D eigenvalue weighted by atomic mass is 10.0. The zero-order chi connectivity index (χ0) is 14.9. The number of nitrogens with zero attached hydrogens (tertiary/aromatic N) is 1. The fourth-order valence-electron chi connectivity index (χ4n) is 1.48. The van der Waals surface area contributed by atoms with E-state index in [1.165, 1.54) is 6.07 Å². The van der Waals surface area contributed by atoms with Gasteiger partial charge >= 0.3 is 0 Å². The standard InChI is InChI=1S/C13H8F4N2O/c14-9-3-8(10(15)12(17)11(9)16)13(20)6(4-18)5-19-7-1-2-7/h3,5,7,19H,1-2H2. The van der Waals surface area contributed by atoms with Crippen LogP contribution in [0.15, 0.2) is 17.8 Å². The topological polar surface area (TPSA) is 52.9 Å². The predicted molar refractivity (Wildman–Crippen MR) is 60.5 cm³/mol. The van der Waals surface area contributed by atoms with Gasteiger partial charge in [0.05, 0.1) is 5.56 Å². The number of hydrogen-bond acceptors (Lipinski definition) is 3. The molecule has 0 unspecified atom stereocenters. The van der Waals surface area contributed by atoms with Crippen molar-refractivity contribution in [2.24, 2.45) is 0 Å². The van der Waals surface area contributed by atoms with Gasteiger partial charge in [-0.05, 0) is 18.9 Å². The van der Waals surface area contributed by atoms with E-state index in [0.29, 0.717) is 0 Å². The molecule has 3 nitrogen and oxygen atoms in total. The molecule has 0 amide bonds. The molecule has 1 aromatic rings. The highest BCUT2D eigenvalue weighted by Crippen LogP contribution is 2.22. The Morgan fingerprint density at radius 2 is 1.90 bits per heavy atom. The molecule has 1 aromatic carbocycles. The summed E-state index contributed by atoms with van der Waals surface area (Å²) < 4.78 is 52.3. The van der Waals surface area contributed by atoms with E-state index in [4.69, 9.17) is 5.26 Å². The highest BCUT2D eigenvalue weighted by atomic mass is 19.2. The molecule has 20 heavy (non-hydrogen) atoms. The van der Waals surface area contributed by atoms with Crippen LogP contribution in [0.25, 0.3) is 0 Å². The molecule has 104 valence electrons. The average Bonchev–Trinajstić information content (AvgIpc) is 3.25. The summed E-state index contributed by atoms with van der Waals surface area (Å²) in [5.41, 5.74) is -1.53. The summed E-state index contributed by atoms with van der Waals surface area (Å²) in [6.07, 6.45) is 2.81. The second-order valence-electron chi connectivity index (χ2n) is 4.29. The lowest BCUT2D eigenvalue weighted by Crippen LogP contribution is -2.14. The Morgan fingerprint density at radius 1 is 1.25 bits per heavy atom. The Kier molecular flexibility index (Phi) is 3.74. The molecule has 1 fully saturated rings. The average molecular weight is 284 g/mol. The van der Waals surface area contributed by atoms with Gasteiger partial charge in [-0.25, -0.2) is 17.6 Å². The number of benzene rings is 1. The van der Waals surface area contributed by atoms with Crippen molar-refractivity contribution >= 4 is 5.78 Å². The molecule has 7 heteroatoms. The minimum atomic E-state index is -2.08. The lowest BCUT2D eigenvalue weighted by molar-refractivity contribution is 0.103. The van der Waals surface area contributed by atoms with Crippen molar-refractivity contribution in [1.82, 2.24) is 5.32 Å². The normalized spacial score (nSPS) is 14.8. The number of nitrogens with one attached hydrogen (secondary N) is 1. The van der Waals surface area contributed by atoms with E-state index in [1.807, 2.05) is 0 Å². The van der Waals surface area contributed by atoms with Crippen molar-refractivity contribution in [3.63, 3.8) is 0 Å². The molecule has 0 bridgehead atoms. The molecule has 1 saturated carbocycles. The maximum absolute atomic E-state index is 13.4. The van der Waals surface area contributed by atoms with Crippen LogP contribution in [-0.2, 0) is 0 Å².